The van der Waals surface area contributed by atoms with Crippen molar-refractivity contribution in [3.05, 3.63) is 67.8 Å². The number of rotatable bonds is 2. The molecular weight excluding hydrogens is 624 g/mol. The summed E-state index contributed by atoms with van der Waals surface area (Å²) >= 11 is 0. The topological polar surface area (TPSA) is 143 Å². The van der Waals surface area contributed by atoms with Crippen molar-refractivity contribution in [1.29, 1.82) is 31.6 Å². The number of alkyl halides is 12. The van der Waals surface area contributed by atoms with E-state index in [9.17, 15) is 52.7 Å². The van der Waals surface area contributed by atoms with Crippen LogP contribution in [0.1, 0.15) is 69.5 Å². The summed E-state index contributed by atoms with van der Waals surface area (Å²) in [5.41, 5.74) is -14.4. The van der Waals surface area contributed by atoms with E-state index in [4.69, 9.17) is 31.6 Å². The molecule has 0 atom stereocenters. The zero-order valence-electron chi connectivity index (χ0n) is 21.8. The van der Waals surface area contributed by atoms with Gasteiger partial charge in [0.25, 0.3) is 0 Å². The monoisotopic (exact) mass is 636 g/mol. The summed E-state index contributed by atoms with van der Waals surface area (Å²) in [6, 6.07) is 7.37. The van der Waals surface area contributed by atoms with Gasteiger partial charge in [-0.05, 0) is 23.3 Å². The molecule has 0 amide bonds. The van der Waals surface area contributed by atoms with Crippen LogP contribution >= 0.6 is 0 Å². The van der Waals surface area contributed by atoms with E-state index in [-0.39, 0.29) is 12.1 Å². The SMILES string of the molecule is CC.N#CCc1c(C#N)c(C#N)cc(C(F)(F)F)c1C(F)(F)F.N#CCc1c(C(F)(F)F)c(C#N)cc(C#N)c1C(F)(F)F. The Labute approximate surface area is 240 Å². The minimum Gasteiger partial charge on any atom is -0.198 e. The van der Waals surface area contributed by atoms with Crippen molar-refractivity contribution in [3.63, 3.8) is 0 Å². The van der Waals surface area contributed by atoms with Gasteiger partial charge in [0.1, 0.15) is 12.1 Å². The molecule has 230 valence electrons. The molecule has 2 rings (SSSR count). The third-order valence-corrected chi connectivity index (χ3v) is 5.00. The Hall–Kier alpha value is -5.46. The van der Waals surface area contributed by atoms with Crippen LogP contribution in [0, 0.1) is 68.0 Å². The number of halogens is 12. The van der Waals surface area contributed by atoms with Crippen molar-refractivity contribution in [1.82, 2.24) is 0 Å². The first-order valence-corrected chi connectivity index (χ1v) is 11.2. The Morgan fingerprint density at radius 1 is 0.477 bits per heavy atom. The van der Waals surface area contributed by atoms with E-state index < -0.39 is 93.2 Å². The highest BCUT2D eigenvalue weighted by Gasteiger charge is 2.47. The maximum atomic E-state index is 12.9. The molecule has 0 aliphatic heterocycles. The van der Waals surface area contributed by atoms with Gasteiger partial charge in [-0.25, -0.2) is 0 Å². The molecular formula is C26H12F12N6. The highest BCUT2D eigenvalue weighted by molar-refractivity contribution is 5.59. The van der Waals surface area contributed by atoms with Crippen molar-refractivity contribution in [3.8, 4) is 36.4 Å². The van der Waals surface area contributed by atoms with E-state index in [1.807, 2.05) is 13.8 Å². The molecule has 0 saturated heterocycles. The highest BCUT2D eigenvalue weighted by atomic mass is 19.4. The summed E-state index contributed by atoms with van der Waals surface area (Å²) in [6.45, 7) is 4.00. The molecule has 0 saturated carbocycles. The van der Waals surface area contributed by atoms with Crippen LogP contribution in [-0.2, 0) is 37.5 Å². The second-order valence-corrected chi connectivity index (χ2v) is 7.51. The number of nitrogens with zero attached hydrogens (tertiary/aromatic N) is 6. The summed E-state index contributed by atoms with van der Waals surface area (Å²) in [5, 5.41) is 51.8. The molecule has 0 aromatic heterocycles. The summed E-state index contributed by atoms with van der Waals surface area (Å²) in [6.07, 6.45) is -23.6. The van der Waals surface area contributed by atoms with E-state index in [0.29, 0.717) is 0 Å². The van der Waals surface area contributed by atoms with Gasteiger partial charge in [-0.3, -0.25) is 0 Å². The molecule has 0 aliphatic rings. The first-order chi connectivity index (χ1) is 20.1. The van der Waals surface area contributed by atoms with Crippen molar-refractivity contribution in [2.75, 3.05) is 0 Å². The Balaban J connectivity index is 0.000000795. The van der Waals surface area contributed by atoms with Gasteiger partial charge in [0, 0.05) is 0 Å². The standard InChI is InChI=1S/2C12H3F6N3.C2H6/c13-11(14,15)9-6(4-20)3-7(5-21)10(12(16,17)18)8(9)1-2-19;13-11(14,15)9-3-6(4-20)8(5-21)7(1-2-19)10(9)12(16,17)18;1-2/h2*3H,1H2;1-2H3. The van der Waals surface area contributed by atoms with Gasteiger partial charge in [-0.15, -0.1) is 0 Å². The summed E-state index contributed by atoms with van der Waals surface area (Å²) in [4.78, 5) is 0. The van der Waals surface area contributed by atoms with Crippen LogP contribution in [0.5, 0.6) is 0 Å². The van der Waals surface area contributed by atoms with Gasteiger partial charge in [0.2, 0.25) is 0 Å². The molecule has 6 nitrogen and oxygen atoms in total. The number of hydrogen-bond donors (Lipinski definition) is 0. The first-order valence-electron chi connectivity index (χ1n) is 11.2. The second-order valence-electron chi connectivity index (χ2n) is 7.51. The second kappa shape index (κ2) is 14.6. The van der Waals surface area contributed by atoms with Crippen LogP contribution in [0.25, 0.3) is 0 Å². The lowest BCUT2D eigenvalue weighted by Gasteiger charge is -2.19. The molecule has 0 bridgehead atoms. The lowest BCUT2D eigenvalue weighted by Crippen LogP contribution is -2.21. The average molecular weight is 636 g/mol. The van der Waals surface area contributed by atoms with Gasteiger partial charge in [0.05, 0.1) is 81.6 Å². The van der Waals surface area contributed by atoms with Crippen LogP contribution in [0.3, 0.4) is 0 Å². The van der Waals surface area contributed by atoms with Crippen molar-refractivity contribution < 1.29 is 52.7 Å². The molecule has 0 radical (unpaired) electrons. The van der Waals surface area contributed by atoms with E-state index in [0.717, 1.165) is 12.1 Å². The number of hydrogen-bond acceptors (Lipinski definition) is 6. The molecule has 0 spiro atoms. The van der Waals surface area contributed by atoms with Crippen LogP contribution < -0.4 is 0 Å². The van der Waals surface area contributed by atoms with Crippen molar-refractivity contribution >= 4 is 0 Å². The van der Waals surface area contributed by atoms with Crippen LogP contribution in [-0.4, -0.2) is 0 Å². The van der Waals surface area contributed by atoms with Crippen molar-refractivity contribution in [2.45, 2.75) is 51.4 Å². The van der Waals surface area contributed by atoms with Crippen LogP contribution in [0.15, 0.2) is 12.1 Å². The van der Waals surface area contributed by atoms with Gasteiger partial charge in [0.15, 0.2) is 0 Å². The zero-order chi connectivity index (χ0) is 34.8. The van der Waals surface area contributed by atoms with Crippen LogP contribution in [0.2, 0.25) is 0 Å². The maximum Gasteiger partial charge on any atom is 0.418 e. The lowest BCUT2D eigenvalue weighted by atomic mass is 9.90. The summed E-state index contributed by atoms with van der Waals surface area (Å²) < 4.78 is 155. The highest BCUT2D eigenvalue weighted by Crippen LogP contribution is 2.45. The molecule has 0 N–H and O–H groups in total. The summed E-state index contributed by atoms with van der Waals surface area (Å²) in [5.74, 6) is 0. The summed E-state index contributed by atoms with van der Waals surface area (Å²) in [7, 11) is 0. The fourth-order valence-corrected chi connectivity index (χ4v) is 3.58. The smallest absolute Gasteiger partial charge is 0.198 e. The third-order valence-electron chi connectivity index (χ3n) is 5.00. The van der Waals surface area contributed by atoms with Crippen molar-refractivity contribution in [2.24, 2.45) is 0 Å². The predicted molar refractivity (Wildman–Crippen MR) is 122 cm³/mol. The molecule has 0 aliphatic carbocycles. The Kier molecular flexibility index (Phi) is 12.8. The molecule has 44 heavy (non-hydrogen) atoms. The Morgan fingerprint density at radius 3 is 1.11 bits per heavy atom. The predicted octanol–water partition coefficient (Wildman–Crippen LogP) is 8.09. The molecule has 18 heteroatoms. The quantitative estimate of drug-likeness (QED) is 0.305. The molecule has 0 heterocycles. The Bertz CT molecular complexity index is 1590. The first kappa shape index (κ1) is 38.5. The van der Waals surface area contributed by atoms with E-state index >= 15 is 0 Å². The van der Waals surface area contributed by atoms with Gasteiger partial charge >= 0.3 is 24.7 Å². The van der Waals surface area contributed by atoms with Crippen LogP contribution in [0.4, 0.5) is 52.7 Å². The zero-order valence-corrected chi connectivity index (χ0v) is 21.8. The molecule has 0 unspecified atom stereocenters. The molecule has 2 aromatic carbocycles. The van der Waals surface area contributed by atoms with Gasteiger partial charge < -0.3 is 0 Å². The average Bonchev–Trinajstić information content (AvgIpc) is 2.90. The largest absolute Gasteiger partial charge is 0.418 e. The third kappa shape index (κ3) is 8.77. The Morgan fingerprint density at radius 2 is 0.841 bits per heavy atom. The normalized spacial score (nSPS) is 11.0. The molecule has 0 fully saturated rings. The lowest BCUT2D eigenvalue weighted by molar-refractivity contribution is -0.162. The van der Waals surface area contributed by atoms with Gasteiger partial charge in [-0.2, -0.15) is 84.3 Å². The molecule has 2 aromatic rings. The van der Waals surface area contributed by atoms with Gasteiger partial charge in [-0.1, -0.05) is 13.8 Å². The minimum absolute atomic E-state index is 0.0255. The maximum absolute atomic E-state index is 12.9. The van der Waals surface area contributed by atoms with E-state index in [1.165, 1.54) is 24.3 Å². The fraction of sp³-hybridized carbons (Fsp3) is 0.308. The van der Waals surface area contributed by atoms with E-state index in [2.05, 4.69) is 0 Å². The minimum atomic E-state index is -5.42. The van der Waals surface area contributed by atoms with E-state index in [1.54, 1.807) is 0 Å². The fourth-order valence-electron chi connectivity index (χ4n) is 3.58. The number of nitriles is 6. The number of benzene rings is 2.